The molecule has 1 saturated carbocycles. The summed E-state index contributed by atoms with van der Waals surface area (Å²) in [5, 5.41) is 5.40. The highest BCUT2D eigenvalue weighted by Gasteiger charge is 2.30. The van der Waals surface area contributed by atoms with Crippen LogP contribution in [0.25, 0.3) is 5.69 Å². The topological polar surface area (TPSA) is 17.8 Å². The van der Waals surface area contributed by atoms with Gasteiger partial charge in [0.05, 0.1) is 17.6 Å². The number of hydrogen-bond donors (Lipinski definition) is 0. The molecule has 0 amide bonds. The van der Waals surface area contributed by atoms with Crippen molar-refractivity contribution in [2.45, 2.75) is 24.1 Å². The molecule has 0 bridgehead atoms. The standard InChI is InChI=1S/C13H13BrN2/c14-8-11-9-15-16(13(11)10-6-7-10)12-4-2-1-3-5-12/h1-5,9-10H,6-8H2. The van der Waals surface area contributed by atoms with E-state index in [0.717, 1.165) is 16.9 Å². The molecule has 16 heavy (non-hydrogen) atoms. The summed E-state index contributed by atoms with van der Waals surface area (Å²) in [5.41, 5.74) is 3.88. The highest BCUT2D eigenvalue weighted by atomic mass is 79.9. The van der Waals surface area contributed by atoms with Crippen molar-refractivity contribution in [1.82, 2.24) is 9.78 Å². The Morgan fingerprint density at radius 3 is 2.62 bits per heavy atom. The second kappa shape index (κ2) is 4.06. The van der Waals surface area contributed by atoms with Crippen LogP contribution in [0.4, 0.5) is 0 Å². The number of hydrogen-bond acceptors (Lipinski definition) is 1. The van der Waals surface area contributed by atoms with Crippen LogP contribution in [0.15, 0.2) is 36.5 Å². The first-order valence-corrected chi connectivity index (χ1v) is 6.70. The van der Waals surface area contributed by atoms with Gasteiger partial charge in [-0.05, 0) is 25.0 Å². The minimum Gasteiger partial charge on any atom is -0.237 e. The summed E-state index contributed by atoms with van der Waals surface area (Å²) in [6.07, 6.45) is 4.59. The molecule has 1 aromatic heterocycles. The third-order valence-electron chi connectivity index (χ3n) is 3.00. The van der Waals surface area contributed by atoms with Gasteiger partial charge < -0.3 is 0 Å². The van der Waals surface area contributed by atoms with E-state index in [1.54, 1.807) is 0 Å². The van der Waals surface area contributed by atoms with E-state index >= 15 is 0 Å². The summed E-state index contributed by atoms with van der Waals surface area (Å²) in [6.45, 7) is 0. The lowest BCUT2D eigenvalue weighted by Crippen LogP contribution is -2.01. The molecule has 1 fully saturated rings. The van der Waals surface area contributed by atoms with Gasteiger partial charge in [-0.2, -0.15) is 5.10 Å². The number of benzene rings is 1. The Morgan fingerprint density at radius 2 is 2.00 bits per heavy atom. The average molecular weight is 277 g/mol. The van der Waals surface area contributed by atoms with Crippen molar-refractivity contribution < 1.29 is 0 Å². The van der Waals surface area contributed by atoms with E-state index in [0.29, 0.717) is 0 Å². The zero-order valence-corrected chi connectivity index (χ0v) is 10.5. The fourth-order valence-electron chi connectivity index (χ4n) is 2.06. The van der Waals surface area contributed by atoms with Crippen molar-refractivity contribution in [2.75, 3.05) is 0 Å². The molecule has 2 nitrogen and oxygen atoms in total. The van der Waals surface area contributed by atoms with Gasteiger partial charge in [-0.3, -0.25) is 0 Å². The Bertz CT molecular complexity index is 486. The van der Waals surface area contributed by atoms with Gasteiger partial charge in [-0.25, -0.2) is 4.68 Å². The van der Waals surface area contributed by atoms with Gasteiger partial charge in [0.2, 0.25) is 0 Å². The zero-order valence-electron chi connectivity index (χ0n) is 8.94. The maximum Gasteiger partial charge on any atom is 0.0649 e. The van der Waals surface area contributed by atoms with E-state index in [1.165, 1.54) is 24.1 Å². The van der Waals surface area contributed by atoms with E-state index in [1.807, 2.05) is 12.3 Å². The Balaban J connectivity index is 2.10. The number of aromatic nitrogens is 2. The fraction of sp³-hybridized carbons (Fsp3) is 0.308. The van der Waals surface area contributed by atoms with Crippen LogP contribution in [0, 0.1) is 0 Å². The Morgan fingerprint density at radius 1 is 1.25 bits per heavy atom. The normalized spacial score (nSPS) is 15.3. The quantitative estimate of drug-likeness (QED) is 0.783. The largest absolute Gasteiger partial charge is 0.237 e. The molecule has 2 aromatic rings. The third-order valence-corrected chi connectivity index (χ3v) is 3.60. The van der Waals surface area contributed by atoms with Crippen LogP contribution >= 0.6 is 15.9 Å². The van der Waals surface area contributed by atoms with E-state index in [4.69, 9.17) is 0 Å². The van der Waals surface area contributed by atoms with E-state index < -0.39 is 0 Å². The van der Waals surface area contributed by atoms with Crippen molar-refractivity contribution in [2.24, 2.45) is 0 Å². The molecule has 82 valence electrons. The molecule has 0 unspecified atom stereocenters. The summed E-state index contributed by atoms with van der Waals surface area (Å²) in [5.74, 6) is 0.718. The summed E-state index contributed by atoms with van der Waals surface area (Å²) in [4.78, 5) is 0. The van der Waals surface area contributed by atoms with E-state index in [-0.39, 0.29) is 0 Å². The number of rotatable bonds is 3. The zero-order chi connectivity index (χ0) is 11.0. The lowest BCUT2D eigenvalue weighted by Gasteiger charge is -2.07. The molecule has 0 radical (unpaired) electrons. The first kappa shape index (κ1) is 10.1. The van der Waals surface area contributed by atoms with Crippen molar-refractivity contribution in [3.05, 3.63) is 47.8 Å². The molecule has 0 saturated heterocycles. The number of alkyl halides is 1. The van der Waals surface area contributed by atoms with Crippen LogP contribution in [-0.2, 0) is 5.33 Å². The maximum absolute atomic E-state index is 4.51. The number of para-hydroxylation sites is 1. The van der Waals surface area contributed by atoms with E-state index in [2.05, 4.69) is 50.0 Å². The first-order chi connectivity index (χ1) is 7.90. The highest BCUT2D eigenvalue weighted by molar-refractivity contribution is 9.08. The molecule has 1 aromatic carbocycles. The predicted octanol–water partition coefficient (Wildman–Crippen LogP) is 3.64. The molecule has 3 heteroatoms. The summed E-state index contributed by atoms with van der Waals surface area (Å²) < 4.78 is 2.09. The van der Waals surface area contributed by atoms with Crippen molar-refractivity contribution in [3.8, 4) is 5.69 Å². The van der Waals surface area contributed by atoms with E-state index in [9.17, 15) is 0 Å². The minimum absolute atomic E-state index is 0.718. The molecule has 1 heterocycles. The van der Waals surface area contributed by atoms with Crippen LogP contribution in [-0.4, -0.2) is 9.78 Å². The summed E-state index contributed by atoms with van der Waals surface area (Å²) in [7, 11) is 0. The second-order valence-electron chi connectivity index (χ2n) is 4.21. The molecule has 0 atom stereocenters. The number of halogens is 1. The molecule has 0 N–H and O–H groups in total. The van der Waals surface area contributed by atoms with Gasteiger partial charge in [0.25, 0.3) is 0 Å². The molecule has 3 rings (SSSR count). The van der Waals surface area contributed by atoms with Gasteiger partial charge in [-0.15, -0.1) is 0 Å². The molecule has 1 aliphatic carbocycles. The van der Waals surface area contributed by atoms with Crippen LogP contribution in [0.2, 0.25) is 0 Å². The van der Waals surface area contributed by atoms with Crippen molar-refractivity contribution in [3.63, 3.8) is 0 Å². The average Bonchev–Trinajstić information content (AvgIpc) is 3.09. The minimum atomic E-state index is 0.718. The smallest absolute Gasteiger partial charge is 0.0649 e. The first-order valence-electron chi connectivity index (χ1n) is 5.58. The van der Waals surface area contributed by atoms with Crippen LogP contribution < -0.4 is 0 Å². The lowest BCUT2D eigenvalue weighted by molar-refractivity contribution is 0.805. The van der Waals surface area contributed by atoms with Gasteiger partial charge in [-0.1, -0.05) is 34.1 Å². The Kier molecular flexibility index (Phi) is 2.56. The maximum atomic E-state index is 4.51. The Hall–Kier alpha value is -1.09. The van der Waals surface area contributed by atoms with Gasteiger partial charge in [0.15, 0.2) is 0 Å². The monoisotopic (exact) mass is 276 g/mol. The van der Waals surface area contributed by atoms with Crippen LogP contribution in [0.1, 0.15) is 30.0 Å². The summed E-state index contributed by atoms with van der Waals surface area (Å²) in [6, 6.07) is 10.4. The summed E-state index contributed by atoms with van der Waals surface area (Å²) >= 11 is 3.54. The molecular formula is C13H13BrN2. The molecular weight excluding hydrogens is 264 g/mol. The predicted molar refractivity (Wildman–Crippen MR) is 68.2 cm³/mol. The van der Waals surface area contributed by atoms with Crippen molar-refractivity contribution in [1.29, 1.82) is 0 Å². The molecule has 0 aliphatic heterocycles. The SMILES string of the molecule is BrCc1cnn(-c2ccccc2)c1C1CC1. The van der Waals surface area contributed by atoms with Gasteiger partial charge in [0, 0.05) is 16.8 Å². The lowest BCUT2D eigenvalue weighted by atomic mass is 10.2. The second-order valence-corrected chi connectivity index (χ2v) is 4.77. The number of nitrogens with zero attached hydrogens (tertiary/aromatic N) is 2. The Labute approximate surface area is 103 Å². The van der Waals surface area contributed by atoms with Crippen LogP contribution in [0.3, 0.4) is 0 Å². The van der Waals surface area contributed by atoms with Crippen molar-refractivity contribution >= 4 is 15.9 Å². The molecule has 0 spiro atoms. The van der Waals surface area contributed by atoms with Crippen LogP contribution in [0.5, 0.6) is 0 Å². The highest BCUT2D eigenvalue weighted by Crippen LogP contribution is 2.42. The third kappa shape index (κ3) is 1.69. The fourth-order valence-corrected chi connectivity index (χ4v) is 2.49. The van der Waals surface area contributed by atoms with Gasteiger partial charge in [0.1, 0.15) is 0 Å². The van der Waals surface area contributed by atoms with Gasteiger partial charge >= 0.3 is 0 Å². The molecule has 1 aliphatic rings.